The van der Waals surface area contributed by atoms with E-state index in [-0.39, 0.29) is 17.0 Å². The molecule has 0 heterocycles. The number of halogens is 4. The van der Waals surface area contributed by atoms with E-state index in [1.807, 2.05) is 0 Å². The summed E-state index contributed by atoms with van der Waals surface area (Å²) in [6.07, 6.45) is 2.35. The minimum absolute atomic E-state index is 0.0185. The van der Waals surface area contributed by atoms with Crippen molar-refractivity contribution in [3.8, 4) is 0 Å². The van der Waals surface area contributed by atoms with Crippen LogP contribution in [0.1, 0.15) is 18.4 Å². The highest BCUT2D eigenvalue weighted by atomic mass is 35.5. The van der Waals surface area contributed by atoms with E-state index in [0.717, 1.165) is 0 Å². The summed E-state index contributed by atoms with van der Waals surface area (Å²) in [5.74, 6) is 0. The van der Waals surface area contributed by atoms with Gasteiger partial charge in [-0.25, -0.2) is 8.78 Å². The molecule has 0 saturated carbocycles. The normalized spacial score (nSPS) is 34.0. The molecule has 0 spiro atoms. The highest BCUT2D eigenvalue weighted by molar-refractivity contribution is 6.31. The Labute approximate surface area is 103 Å². The molecule has 4 heteroatoms. The minimum Gasteiger partial charge on any atom is -0.234 e. The quantitative estimate of drug-likeness (QED) is 0.506. The molecule has 2 rings (SSSR count). The molecule has 2 unspecified atom stereocenters. The molecule has 0 nitrogen and oxygen atoms in total. The van der Waals surface area contributed by atoms with E-state index in [1.165, 1.54) is 12.2 Å². The second-order valence-electron chi connectivity index (χ2n) is 3.98. The van der Waals surface area contributed by atoms with E-state index < -0.39 is 17.2 Å². The molecule has 0 N–H and O–H groups in total. The lowest BCUT2D eigenvalue weighted by Crippen LogP contribution is -2.31. The topological polar surface area (TPSA) is 0 Å². The maximum absolute atomic E-state index is 14.6. The highest BCUT2D eigenvalue weighted by Gasteiger charge is 2.43. The fourth-order valence-corrected chi connectivity index (χ4v) is 2.49. The molecule has 86 valence electrons. The number of hydrogen-bond donors (Lipinski definition) is 0. The van der Waals surface area contributed by atoms with Crippen molar-refractivity contribution in [3.05, 3.63) is 47.0 Å². The fourth-order valence-electron chi connectivity index (χ4n) is 1.91. The molecule has 0 aromatic heterocycles. The number of hydrogen-bond acceptors (Lipinski definition) is 0. The van der Waals surface area contributed by atoms with E-state index in [1.54, 1.807) is 24.3 Å². The Morgan fingerprint density at radius 3 is 2.50 bits per heavy atom. The van der Waals surface area contributed by atoms with Gasteiger partial charge in [-0.05, 0) is 12.1 Å². The van der Waals surface area contributed by atoms with Gasteiger partial charge in [-0.15, -0.1) is 0 Å². The van der Waals surface area contributed by atoms with E-state index in [4.69, 9.17) is 23.2 Å². The molecular weight excluding hydrogens is 253 g/mol. The second kappa shape index (κ2) is 4.01. The SMILES string of the molecule is FC1(Cl)CC=CC(F)(c2ccccc2Cl)C1. The summed E-state index contributed by atoms with van der Waals surface area (Å²) in [4.78, 5) is 0. The van der Waals surface area contributed by atoms with Crippen LogP contribution in [0.5, 0.6) is 0 Å². The predicted molar refractivity (Wildman–Crippen MR) is 62.3 cm³/mol. The van der Waals surface area contributed by atoms with Crippen LogP contribution < -0.4 is 0 Å². The van der Waals surface area contributed by atoms with Crippen LogP contribution in [0.2, 0.25) is 5.02 Å². The summed E-state index contributed by atoms with van der Waals surface area (Å²) in [6, 6.07) is 6.49. The van der Waals surface area contributed by atoms with Crippen LogP contribution in [0.15, 0.2) is 36.4 Å². The Bertz CT molecular complexity index is 429. The van der Waals surface area contributed by atoms with Crippen molar-refractivity contribution in [2.24, 2.45) is 0 Å². The number of rotatable bonds is 1. The molecule has 0 radical (unpaired) electrons. The third-order valence-electron chi connectivity index (χ3n) is 2.64. The van der Waals surface area contributed by atoms with Gasteiger partial charge in [0.2, 0.25) is 0 Å². The first-order chi connectivity index (χ1) is 7.43. The van der Waals surface area contributed by atoms with E-state index in [0.29, 0.717) is 0 Å². The lowest BCUT2D eigenvalue weighted by Gasteiger charge is -2.32. The van der Waals surface area contributed by atoms with Crippen molar-refractivity contribution in [1.29, 1.82) is 0 Å². The van der Waals surface area contributed by atoms with Crippen molar-refractivity contribution in [2.75, 3.05) is 0 Å². The van der Waals surface area contributed by atoms with Crippen LogP contribution in [0.3, 0.4) is 0 Å². The summed E-state index contributed by atoms with van der Waals surface area (Å²) in [7, 11) is 0. The standard InChI is InChI=1S/C12H10Cl2F2/c13-10-5-2-1-4-9(10)11(15)6-3-7-12(14,16)8-11/h1-6H,7-8H2. The molecule has 16 heavy (non-hydrogen) atoms. The number of alkyl halides is 3. The summed E-state index contributed by atoms with van der Waals surface area (Å²) in [6.45, 7) is 0. The van der Waals surface area contributed by atoms with E-state index in [9.17, 15) is 8.78 Å². The van der Waals surface area contributed by atoms with Crippen LogP contribution in [-0.4, -0.2) is 5.13 Å². The maximum Gasteiger partial charge on any atom is 0.190 e. The van der Waals surface area contributed by atoms with Crippen LogP contribution in [0.4, 0.5) is 8.78 Å². The van der Waals surface area contributed by atoms with Gasteiger partial charge in [0.1, 0.15) is 0 Å². The molecule has 0 saturated heterocycles. The minimum atomic E-state index is -2.04. The Balaban J connectivity index is 2.43. The van der Waals surface area contributed by atoms with Gasteiger partial charge in [0.25, 0.3) is 0 Å². The molecule has 0 aliphatic heterocycles. The van der Waals surface area contributed by atoms with Gasteiger partial charge < -0.3 is 0 Å². The first-order valence-electron chi connectivity index (χ1n) is 4.92. The first kappa shape index (κ1) is 11.9. The molecular formula is C12H10Cl2F2. The average molecular weight is 263 g/mol. The lowest BCUT2D eigenvalue weighted by atomic mass is 9.85. The molecule has 1 aliphatic rings. The van der Waals surface area contributed by atoms with Gasteiger partial charge in [0.05, 0.1) is 0 Å². The van der Waals surface area contributed by atoms with Gasteiger partial charge in [-0.3, -0.25) is 0 Å². The van der Waals surface area contributed by atoms with E-state index in [2.05, 4.69) is 0 Å². The number of allylic oxidation sites excluding steroid dienone is 2. The Hall–Kier alpha value is -0.600. The fraction of sp³-hybridized carbons (Fsp3) is 0.333. The zero-order chi connectivity index (χ0) is 11.8. The van der Waals surface area contributed by atoms with Crippen molar-refractivity contribution in [2.45, 2.75) is 23.6 Å². The zero-order valence-corrected chi connectivity index (χ0v) is 9.90. The van der Waals surface area contributed by atoms with Gasteiger partial charge in [-0.1, -0.05) is 47.5 Å². The third kappa shape index (κ3) is 2.23. The molecule has 1 aliphatic carbocycles. The summed E-state index contributed by atoms with van der Waals surface area (Å²) in [5.41, 5.74) is -1.66. The number of benzene rings is 1. The summed E-state index contributed by atoms with van der Waals surface area (Å²) < 4.78 is 28.2. The van der Waals surface area contributed by atoms with Crippen molar-refractivity contribution >= 4 is 23.2 Å². The lowest BCUT2D eigenvalue weighted by molar-refractivity contribution is 0.119. The monoisotopic (exact) mass is 262 g/mol. The van der Waals surface area contributed by atoms with Crippen LogP contribution in [-0.2, 0) is 5.67 Å². The molecule has 2 atom stereocenters. The van der Waals surface area contributed by atoms with Crippen molar-refractivity contribution < 1.29 is 8.78 Å². The van der Waals surface area contributed by atoms with Gasteiger partial charge in [0.15, 0.2) is 10.8 Å². The smallest absolute Gasteiger partial charge is 0.190 e. The Kier molecular flexibility index (Phi) is 2.97. The third-order valence-corrected chi connectivity index (χ3v) is 3.25. The Morgan fingerprint density at radius 1 is 1.19 bits per heavy atom. The summed E-state index contributed by atoms with van der Waals surface area (Å²) >= 11 is 11.5. The van der Waals surface area contributed by atoms with Crippen LogP contribution in [0, 0.1) is 0 Å². The molecule has 0 fully saturated rings. The first-order valence-corrected chi connectivity index (χ1v) is 5.68. The molecule has 0 amide bonds. The van der Waals surface area contributed by atoms with Crippen LogP contribution >= 0.6 is 23.2 Å². The zero-order valence-electron chi connectivity index (χ0n) is 8.39. The van der Waals surface area contributed by atoms with Crippen molar-refractivity contribution in [3.63, 3.8) is 0 Å². The second-order valence-corrected chi connectivity index (χ2v) is 5.07. The van der Waals surface area contributed by atoms with Gasteiger partial charge in [0, 0.05) is 23.4 Å². The molecule has 0 bridgehead atoms. The van der Waals surface area contributed by atoms with Crippen molar-refractivity contribution in [1.82, 2.24) is 0 Å². The summed E-state index contributed by atoms with van der Waals surface area (Å²) in [5, 5.41) is -1.76. The van der Waals surface area contributed by atoms with Crippen LogP contribution in [0.25, 0.3) is 0 Å². The maximum atomic E-state index is 14.6. The predicted octanol–water partition coefficient (Wildman–Crippen LogP) is 4.76. The van der Waals surface area contributed by atoms with Gasteiger partial charge in [-0.2, -0.15) is 0 Å². The highest BCUT2D eigenvalue weighted by Crippen LogP contribution is 2.46. The van der Waals surface area contributed by atoms with E-state index >= 15 is 0 Å². The largest absolute Gasteiger partial charge is 0.234 e. The molecule has 1 aromatic carbocycles. The average Bonchev–Trinajstić information content (AvgIpc) is 2.16. The Morgan fingerprint density at radius 2 is 1.88 bits per heavy atom. The molecule has 1 aromatic rings. The van der Waals surface area contributed by atoms with Gasteiger partial charge >= 0.3 is 0 Å².